The van der Waals surface area contributed by atoms with Gasteiger partial charge in [0.1, 0.15) is 6.10 Å². The first-order chi connectivity index (χ1) is 24.1. The van der Waals surface area contributed by atoms with Crippen molar-refractivity contribution in [3.8, 4) is 48.4 Å². The molecule has 0 fully saturated rings. The first-order valence-electron chi connectivity index (χ1n) is 19.7. The maximum Gasteiger partial charge on any atom is 0.176 e. The van der Waals surface area contributed by atoms with Crippen molar-refractivity contribution < 1.29 is 15.3 Å². The van der Waals surface area contributed by atoms with Crippen LogP contribution in [0.15, 0.2) is 48.6 Å². The van der Waals surface area contributed by atoms with Gasteiger partial charge in [0.05, 0.1) is 6.10 Å². The van der Waals surface area contributed by atoms with Gasteiger partial charge in [-0.2, -0.15) is 0 Å². The summed E-state index contributed by atoms with van der Waals surface area (Å²) in [6.07, 6.45) is 55.7. The molecule has 0 aromatic heterocycles. The van der Waals surface area contributed by atoms with Gasteiger partial charge in [-0.15, -0.1) is 12.8 Å². The predicted molar refractivity (Wildman–Crippen MR) is 212 cm³/mol. The molecule has 3 N–H and O–H groups in total. The Kier molecular flexibility index (Phi) is 37.2. The van der Waals surface area contributed by atoms with Crippen LogP contribution in [-0.2, 0) is 0 Å². The zero-order chi connectivity index (χ0) is 35.7. The quantitative estimate of drug-likeness (QED) is 0.0391. The topological polar surface area (TPSA) is 60.7 Å². The number of hydrogen-bond acceptors (Lipinski definition) is 3. The number of terminal acetylenes is 2. The van der Waals surface area contributed by atoms with E-state index in [-0.39, 0.29) is 6.10 Å². The molecule has 0 aliphatic heterocycles. The summed E-state index contributed by atoms with van der Waals surface area (Å²) < 4.78 is 0. The number of allylic oxidation sites excluding steroid dienone is 6. The molecule has 0 radical (unpaired) electrons. The normalized spacial score (nSPS) is 13.2. The summed E-state index contributed by atoms with van der Waals surface area (Å²) in [5.41, 5.74) is 0. The molecule has 0 aromatic carbocycles. The number of aliphatic hydroxyl groups excluding tert-OH is 3. The first-order valence-corrected chi connectivity index (χ1v) is 19.7. The highest BCUT2D eigenvalue weighted by Gasteiger charge is 1.99. The molecule has 3 heteroatoms. The number of aliphatic hydroxyl groups is 3. The van der Waals surface area contributed by atoms with Gasteiger partial charge in [0.2, 0.25) is 0 Å². The summed E-state index contributed by atoms with van der Waals surface area (Å²) in [7, 11) is 0. The molecular formula is C46H70O3. The molecule has 0 spiro atoms. The number of rotatable bonds is 31. The van der Waals surface area contributed by atoms with Gasteiger partial charge in [0.25, 0.3) is 0 Å². The second-order valence-electron chi connectivity index (χ2n) is 13.1. The predicted octanol–water partition coefficient (Wildman–Crippen LogP) is 11.1. The van der Waals surface area contributed by atoms with E-state index < -0.39 is 12.2 Å². The number of hydrogen-bond donors (Lipinski definition) is 3. The maximum atomic E-state index is 10.2. The fourth-order valence-corrected chi connectivity index (χ4v) is 5.43. The molecule has 0 saturated heterocycles. The smallest absolute Gasteiger partial charge is 0.176 e. The molecule has 1 unspecified atom stereocenters. The van der Waals surface area contributed by atoms with Crippen LogP contribution in [0.25, 0.3) is 0 Å². The Bertz CT molecular complexity index is 1060. The minimum Gasteiger partial charge on any atom is -0.389 e. The van der Waals surface area contributed by atoms with Crippen LogP contribution in [0.5, 0.6) is 0 Å². The van der Waals surface area contributed by atoms with Crippen LogP contribution in [0.3, 0.4) is 0 Å². The van der Waals surface area contributed by atoms with Crippen molar-refractivity contribution in [1.82, 2.24) is 0 Å². The van der Waals surface area contributed by atoms with Crippen LogP contribution in [0.4, 0.5) is 0 Å². The Morgan fingerprint density at radius 1 is 0.449 bits per heavy atom. The van der Waals surface area contributed by atoms with Gasteiger partial charge in [-0.25, -0.2) is 0 Å². The Labute approximate surface area is 303 Å². The van der Waals surface area contributed by atoms with Crippen molar-refractivity contribution in [2.75, 3.05) is 0 Å². The summed E-state index contributed by atoms with van der Waals surface area (Å²) in [5.74, 6) is 16.5. The fraction of sp³-hybridized carbons (Fsp3) is 0.652. The highest BCUT2D eigenvalue weighted by Crippen LogP contribution is 2.14. The van der Waals surface area contributed by atoms with Crippen molar-refractivity contribution >= 4 is 0 Å². The van der Waals surface area contributed by atoms with E-state index >= 15 is 0 Å². The van der Waals surface area contributed by atoms with Gasteiger partial charge in [-0.1, -0.05) is 149 Å². The summed E-state index contributed by atoms with van der Waals surface area (Å²) >= 11 is 0. The molecule has 0 saturated carbocycles. The van der Waals surface area contributed by atoms with Gasteiger partial charge >= 0.3 is 0 Å². The average Bonchev–Trinajstić information content (AvgIpc) is 3.10. The minimum atomic E-state index is -0.884. The zero-order valence-electron chi connectivity index (χ0n) is 30.9. The minimum absolute atomic E-state index is 0.388. The highest BCUT2D eigenvalue weighted by molar-refractivity contribution is 5.19. The van der Waals surface area contributed by atoms with Crippen LogP contribution >= 0.6 is 0 Å². The third-order valence-electron chi connectivity index (χ3n) is 8.41. The van der Waals surface area contributed by atoms with Crippen LogP contribution in [-0.4, -0.2) is 33.6 Å². The van der Waals surface area contributed by atoms with E-state index in [1.165, 1.54) is 83.5 Å². The Balaban J connectivity index is 3.52. The molecule has 3 nitrogen and oxygen atoms in total. The Morgan fingerprint density at radius 3 is 1.43 bits per heavy atom. The molecule has 0 aliphatic rings. The van der Waals surface area contributed by atoms with E-state index in [9.17, 15) is 15.3 Å². The van der Waals surface area contributed by atoms with E-state index in [0.717, 1.165) is 83.5 Å². The van der Waals surface area contributed by atoms with E-state index in [1.807, 2.05) is 18.2 Å². The van der Waals surface area contributed by atoms with E-state index in [4.69, 9.17) is 12.8 Å². The lowest BCUT2D eigenvalue weighted by atomic mass is 10.0. The van der Waals surface area contributed by atoms with Crippen molar-refractivity contribution in [1.29, 1.82) is 0 Å². The molecule has 0 aliphatic carbocycles. The van der Waals surface area contributed by atoms with Crippen molar-refractivity contribution in [3.63, 3.8) is 0 Å². The molecule has 272 valence electrons. The zero-order valence-corrected chi connectivity index (χ0v) is 30.9. The fourth-order valence-electron chi connectivity index (χ4n) is 5.43. The molecule has 0 bridgehead atoms. The van der Waals surface area contributed by atoms with Crippen LogP contribution < -0.4 is 0 Å². The summed E-state index contributed by atoms with van der Waals surface area (Å²) in [5, 5.41) is 29.3. The van der Waals surface area contributed by atoms with Gasteiger partial charge < -0.3 is 15.3 Å². The van der Waals surface area contributed by atoms with E-state index in [0.29, 0.717) is 6.42 Å². The molecular weight excluding hydrogens is 601 g/mol. The molecule has 0 aromatic rings. The summed E-state index contributed by atoms with van der Waals surface area (Å²) in [6.45, 7) is 0. The third kappa shape index (κ3) is 39.4. The summed E-state index contributed by atoms with van der Waals surface area (Å²) in [4.78, 5) is 0. The molecule has 0 amide bonds. The monoisotopic (exact) mass is 671 g/mol. The maximum absolute atomic E-state index is 10.2. The van der Waals surface area contributed by atoms with Gasteiger partial charge in [-0.05, 0) is 95.6 Å². The van der Waals surface area contributed by atoms with Crippen LogP contribution in [0, 0.1) is 48.4 Å². The van der Waals surface area contributed by atoms with Gasteiger partial charge in [0.15, 0.2) is 6.10 Å². The third-order valence-corrected chi connectivity index (χ3v) is 8.41. The molecule has 3 atom stereocenters. The Hall–Kier alpha value is -2.92. The molecule has 0 rings (SSSR count). The first kappa shape index (κ1) is 46.1. The standard InChI is InChI=1S/C46H70O3/c1-3-5-6-7-8-9-10-11-12-13-14-15-16-17-18-19-20-21-22-23-27-30-35-40-45(48)42-37-32-33-38-43-46(49)41-36-31-28-25-24-26-29-34-39-44(47)4-2/h1-2,5-6,21-22,34-35,39-40,44-49H,7-20,23-33,37,42H2/b6-5-,22-21-,39-34+,40-35+/t44-,45?,46-/m1/s1. The van der Waals surface area contributed by atoms with Gasteiger partial charge in [0, 0.05) is 12.8 Å². The summed E-state index contributed by atoms with van der Waals surface area (Å²) in [6, 6.07) is 0. The van der Waals surface area contributed by atoms with Crippen molar-refractivity contribution in [2.45, 2.75) is 192 Å². The van der Waals surface area contributed by atoms with Crippen molar-refractivity contribution in [2.24, 2.45) is 0 Å². The second-order valence-corrected chi connectivity index (χ2v) is 13.1. The average molecular weight is 671 g/mol. The Morgan fingerprint density at radius 2 is 0.878 bits per heavy atom. The molecule has 49 heavy (non-hydrogen) atoms. The van der Waals surface area contributed by atoms with Crippen LogP contribution in [0.2, 0.25) is 0 Å². The lowest BCUT2D eigenvalue weighted by Gasteiger charge is -2.03. The SMILES string of the molecule is C#C/C=C\CCCCCCCCCCCCCC/C=C\CCC/C=C/C(O)CCCCC#C[C@H](O)C#CCCCCCC/C=C/[C@H](O)C#C. The number of unbranched alkanes of at least 4 members (excludes halogenated alkanes) is 22. The lowest BCUT2D eigenvalue weighted by Crippen LogP contribution is -2.01. The highest BCUT2D eigenvalue weighted by atomic mass is 16.3. The van der Waals surface area contributed by atoms with E-state index in [2.05, 4.69) is 59.8 Å². The van der Waals surface area contributed by atoms with Crippen molar-refractivity contribution in [3.05, 3.63) is 48.6 Å². The molecule has 0 heterocycles. The van der Waals surface area contributed by atoms with E-state index in [1.54, 1.807) is 6.08 Å². The van der Waals surface area contributed by atoms with Crippen LogP contribution in [0.1, 0.15) is 173 Å². The second kappa shape index (κ2) is 39.5. The van der Waals surface area contributed by atoms with Gasteiger partial charge in [-0.3, -0.25) is 0 Å². The lowest BCUT2D eigenvalue weighted by molar-refractivity contribution is 0.208. The largest absolute Gasteiger partial charge is 0.389 e.